The van der Waals surface area contributed by atoms with Crippen LogP contribution in [0.5, 0.6) is 0 Å². The topological polar surface area (TPSA) is 40.7 Å². The predicted octanol–water partition coefficient (Wildman–Crippen LogP) is 2.95. The summed E-state index contributed by atoms with van der Waals surface area (Å²) in [5.74, 6) is 0. The summed E-state index contributed by atoms with van der Waals surface area (Å²) in [7, 11) is 0. The highest BCUT2D eigenvalue weighted by molar-refractivity contribution is 6.35. The van der Waals surface area contributed by atoms with E-state index in [4.69, 9.17) is 23.2 Å². The van der Waals surface area contributed by atoms with Crippen molar-refractivity contribution in [3.05, 3.63) is 51.5 Å². The zero-order valence-corrected chi connectivity index (χ0v) is 10.5. The summed E-state index contributed by atoms with van der Waals surface area (Å²) in [4.78, 5) is 7.54. The van der Waals surface area contributed by atoms with E-state index in [0.29, 0.717) is 10.0 Å². The van der Waals surface area contributed by atoms with Gasteiger partial charge in [0.15, 0.2) is 0 Å². The van der Waals surface area contributed by atoms with E-state index in [1.807, 2.05) is 12.1 Å². The van der Waals surface area contributed by atoms with E-state index in [2.05, 4.69) is 15.3 Å². The van der Waals surface area contributed by atoms with Crippen LogP contribution in [0.4, 0.5) is 0 Å². The van der Waals surface area contributed by atoms with Gasteiger partial charge in [-0.1, -0.05) is 29.3 Å². The lowest BCUT2D eigenvalue weighted by Crippen LogP contribution is -2.30. The Morgan fingerprint density at radius 3 is 3.00 bits per heavy atom. The maximum atomic E-state index is 6.23. The number of rotatable bonds is 1. The van der Waals surface area contributed by atoms with E-state index < -0.39 is 0 Å². The van der Waals surface area contributed by atoms with Crippen molar-refractivity contribution in [3.8, 4) is 0 Å². The Balaban J connectivity index is 2.06. The second-order valence-electron chi connectivity index (χ2n) is 4.07. The summed E-state index contributed by atoms with van der Waals surface area (Å²) in [5.41, 5.74) is 3.23. The highest BCUT2D eigenvalue weighted by Crippen LogP contribution is 2.32. The van der Waals surface area contributed by atoms with Crippen molar-refractivity contribution < 1.29 is 0 Å². The van der Waals surface area contributed by atoms with Gasteiger partial charge < -0.3 is 10.3 Å². The van der Waals surface area contributed by atoms with Gasteiger partial charge in [0.2, 0.25) is 0 Å². The molecular weight excluding hydrogens is 257 g/mol. The summed E-state index contributed by atoms with van der Waals surface area (Å²) < 4.78 is 0. The van der Waals surface area contributed by atoms with Crippen LogP contribution in [-0.2, 0) is 6.42 Å². The van der Waals surface area contributed by atoms with E-state index >= 15 is 0 Å². The van der Waals surface area contributed by atoms with Crippen molar-refractivity contribution in [1.82, 2.24) is 15.3 Å². The minimum Gasteiger partial charge on any atom is -0.348 e. The van der Waals surface area contributed by atoms with Gasteiger partial charge in [-0.15, -0.1) is 0 Å². The van der Waals surface area contributed by atoms with Crippen LogP contribution >= 0.6 is 23.2 Å². The Bertz CT molecular complexity index is 550. The molecule has 3 nitrogen and oxygen atoms in total. The van der Waals surface area contributed by atoms with E-state index in [9.17, 15) is 0 Å². The summed E-state index contributed by atoms with van der Waals surface area (Å²) in [6.45, 7) is 0.915. The van der Waals surface area contributed by atoms with Crippen LogP contribution in [0.1, 0.15) is 23.0 Å². The molecule has 0 fully saturated rings. The second kappa shape index (κ2) is 4.33. The molecule has 1 aromatic heterocycles. The van der Waals surface area contributed by atoms with E-state index in [1.165, 1.54) is 5.69 Å². The number of aromatic nitrogens is 2. The van der Waals surface area contributed by atoms with Gasteiger partial charge in [-0.05, 0) is 17.7 Å². The lowest BCUT2D eigenvalue weighted by molar-refractivity contribution is 0.553. The number of fused-ring (bicyclic) bond motifs is 1. The molecule has 2 heterocycles. The van der Waals surface area contributed by atoms with Crippen molar-refractivity contribution in [2.75, 3.05) is 6.54 Å². The molecule has 1 aliphatic heterocycles. The van der Waals surface area contributed by atoms with Gasteiger partial charge in [0.05, 0.1) is 18.1 Å². The van der Waals surface area contributed by atoms with Gasteiger partial charge in [-0.25, -0.2) is 4.98 Å². The number of benzene rings is 1. The quantitative estimate of drug-likeness (QED) is 0.834. The molecule has 1 unspecified atom stereocenters. The number of hydrogen-bond donors (Lipinski definition) is 2. The monoisotopic (exact) mass is 267 g/mol. The number of hydrogen-bond acceptors (Lipinski definition) is 2. The first-order valence-electron chi connectivity index (χ1n) is 5.46. The number of imidazole rings is 1. The standard InChI is InChI=1S/C12H11Cl2N3/c13-7-1-2-8(9(14)5-7)11-12-10(3-4-15-11)16-6-17-12/h1-2,5-6,11,15H,3-4H2,(H,16,17). The molecule has 3 rings (SSSR count). The highest BCUT2D eigenvalue weighted by Gasteiger charge is 2.25. The van der Waals surface area contributed by atoms with E-state index in [1.54, 1.807) is 12.4 Å². The summed E-state index contributed by atoms with van der Waals surface area (Å²) >= 11 is 12.1. The zero-order valence-electron chi connectivity index (χ0n) is 9.00. The predicted molar refractivity (Wildman–Crippen MR) is 68.6 cm³/mol. The van der Waals surface area contributed by atoms with E-state index in [0.717, 1.165) is 24.2 Å². The van der Waals surface area contributed by atoms with Gasteiger partial charge >= 0.3 is 0 Å². The number of nitrogens with zero attached hydrogens (tertiary/aromatic N) is 1. The number of aromatic amines is 1. The molecule has 0 bridgehead atoms. The third kappa shape index (κ3) is 1.95. The molecule has 0 amide bonds. The molecule has 0 aliphatic carbocycles. The Labute approximate surface area is 109 Å². The molecule has 0 saturated heterocycles. The number of nitrogens with one attached hydrogen (secondary N) is 2. The number of H-pyrrole nitrogens is 1. The molecule has 17 heavy (non-hydrogen) atoms. The Morgan fingerprint density at radius 1 is 1.29 bits per heavy atom. The molecule has 88 valence electrons. The van der Waals surface area contributed by atoms with Crippen molar-refractivity contribution in [1.29, 1.82) is 0 Å². The molecule has 5 heteroatoms. The molecule has 1 atom stereocenters. The lowest BCUT2D eigenvalue weighted by atomic mass is 9.98. The molecule has 0 radical (unpaired) electrons. The third-order valence-electron chi connectivity index (χ3n) is 3.02. The normalized spacial score (nSPS) is 19.1. The van der Waals surface area contributed by atoms with Crippen LogP contribution in [0.15, 0.2) is 24.5 Å². The fourth-order valence-corrected chi connectivity index (χ4v) is 2.73. The second-order valence-corrected chi connectivity index (χ2v) is 4.91. The van der Waals surface area contributed by atoms with Gasteiger partial charge in [0, 0.05) is 28.7 Å². The largest absolute Gasteiger partial charge is 0.348 e. The van der Waals surface area contributed by atoms with Gasteiger partial charge in [-0.3, -0.25) is 0 Å². The van der Waals surface area contributed by atoms with Gasteiger partial charge in [0.1, 0.15) is 0 Å². The minimum atomic E-state index is 0.0507. The molecule has 2 N–H and O–H groups in total. The maximum Gasteiger partial charge on any atom is 0.0926 e. The van der Waals surface area contributed by atoms with Crippen molar-refractivity contribution in [2.24, 2.45) is 0 Å². The van der Waals surface area contributed by atoms with Crippen LogP contribution < -0.4 is 5.32 Å². The van der Waals surface area contributed by atoms with Gasteiger partial charge in [0.25, 0.3) is 0 Å². The van der Waals surface area contributed by atoms with Crippen LogP contribution in [-0.4, -0.2) is 16.5 Å². The van der Waals surface area contributed by atoms with Gasteiger partial charge in [-0.2, -0.15) is 0 Å². The Kier molecular flexibility index (Phi) is 2.82. The van der Waals surface area contributed by atoms with Crippen LogP contribution in [0, 0.1) is 0 Å². The molecular formula is C12H11Cl2N3. The van der Waals surface area contributed by atoms with Crippen LogP contribution in [0.3, 0.4) is 0 Å². The average Bonchev–Trinajstić information content (AvgIpc) is 2.77. The molecule has 0 saturated carbocycles. The summed E-state index contributed by atoms with van der Waals surface area (Å²) in [6, 6.07) is 5.62. The smallest absolute Gasteiger partial charge is 0.0926 e. The van der Waals surface area contributed by atoms with Crippen molar-refractivity contribution >= 4 is 23.2 Å². The lowest BCUT2D eigenvalue weighted by Gasteiger charge is -2.24. The first kappa shape index (κ1) is 11.1. The number of halogens is 2. The SMILES string of the molecule is Clc1ccc(C2NCCc3[nH]cnc32)c(Cl)c1. The van der Waals surface area contributed by atoms with E-state index in [-0.39, 0.29) is 6.04 Å². The fourth-order valence-electron chi connectivity index (χ4n) is 2.21. The Morgan fingerprint density at radius 2 is 2.18 bits per heavy atom. The van der Waals surface area contributed by atoms with Crippen molar-refractivity contribution in [2.45, 2.75) is 12.5 Å². The zero-order chi connectivity index (χ0) is 11.8. The summed E-state index contributed by atoms with van der Waals surface area (Å²) in [5, 5.41) is 4.75. The van der Waals surface area contributed by atoms with Crippen LogP contribution in [0.2, 0.25) is 10.0 Å². The maximum absolute atomic E-state index is 6.23. The first-order chi connectivity index (χ1) is 8.25. The average molecular weight is 268 g/mol. The third-order valence-corrected chi connectivity index (χ3v) is 3.58. The molecule has 1 aromatic carbocycles. The molecule has 2 aromatic rings. The minimum absolute atomic E-state index is 0.0507. The first-order valence-corrected chi connectivity index (χ1v) is 6.22. The molecule has 1 aliphatic rings. The van der Waals surface area contributed by atoms with Crippen LogP contribution in [0.25, 0.3) is 0 Å². The molecule has 0 spiro atoms. The highest BCUT2D eigenvalue weighted by atomic mass is 35.5. The summed E-state index contributed by atoms with van der Waals surface area (Å²) in [6.07, 6.45) is 2.70. The Hall–Kier alpha value is -1.03. The fraction of sp³-hybridized carbons (Fsp3) is 0.250. The van der Waals surface area contributed by atoms with Crippen molar-refractivity contribution in [3.63, 3.8) is 0 Å².